The van der Waals surface area contributed by atoms with Crippen LogP contribution in [0.1, 0.15) is 45.6 Å². The Morgan fingerprint density at radius 2 is 2.05 bits per heavy atom. The van der Waals surface area contributed by atoms with Crippen LogP contribution in [0.5, 0.6) is 5.75 Å². The Labute approximate surface area is 132 Å². The molecule has 1 rings (SSSR count). The average molecular weight is 306 g/mol. The minimum absolute atomic E-state index is 0.0213. The first kappa shape index (κ1) is 18.0. The Bertz CT molecular complexity index is 515. The summed E-state index contributed by atoms with van der Waals surface area (Å²) in [5, 5.41) is 5.66. The smallest absolute Gasteiger partial charge is 0.223 e. The molecule has 0 saturated heterocycles. The van der Waals surface area contributed by atoms with Crippen molar-refractivity contribution in [2.45, 2.75) is 46.6 Å². The molecule has 0 saturated carbocycles. The predicted molar refractivity (Wildman–Crippen MR) is 87.8 cm³/mol. The highest BCUT2D eigenvalue weighted by atomic mass is 16.5. The van der Waals surface area contributed by atoms with Gasteiger partial charge >= 0.3 is 0 Å². The van der Waals surface area contributed by atoms with Crippen molar-refractivity contribution in [1.82, 2.24) is 5.32 Å². The Morgan fingerprint density at radius 1 is 1.32 bits per heavy atom. The Kier molecular flexibility index (Phi) is 7.43. The summed E-state index contributed by atoms with van der Waals surface area (Å²) in [4.78, 5) is 23.2. The van der Waals surface area contributed by atoms with E-state index in [1.807, 2.05) is 19.1 Å². The lowest BCUT2D eigenvalue weighted by molar-refractivity contribution is -0.124. The van der Waals surface area contributed by atoms with Crippen LogP contribution in [-0.2, 0) is 16.1 Å². The number of anilines is 1. The van der Waals surface area contributed by atoms with E-state index in [9.17, 15) is 9.59 Å². The summed E-state index contributed by atoms with van der Waals surface area (Å²) in [5.41, 5.74) is 1.53. The Balaban J connectivity index is 2.65. The standard InChI is InChI=1S/C17H26N2O3/c1-5-6-7-12(2)17(21)18-11-14-8-9-16(22-4)15(10-14)19-13(3)20/h8-10,12H,5-7,11H2,1-4H3,(H,18,21)(H,19,20)/t12-/m0/s1. The Morgan fingerprint density at radius 3 is 2.64 bits per heavy atom. The lowest BCUT2D eigenvalue weighted by Crippen LogP contribution is -2.28. The first-order chi connectivity index (χ1) is 10.5. The molecule has 0 aliphatic heterocycles. The normalized spacial score (nSPS) is 11.6. The van der Waals surface area contributed by atoms with Crippen LogP contribution in [0.4, 0.5) is 5.69 Å². The fourth-order valence-corrected chi connectivity index (χ4v) is 2.16. The van der Waals surface area contributed by atoms with E-state index < -0.39 is 0 Å². The van der Waals surface area contributed by atoms with Gasteiger partial charge in [-0.05, 0) is 24.1 Å². The first-order valence-electron chi connectivity index (χ1n) is 7.70. The number of hydrogen-bond donors (Lipinski definition) is 2. The summed E-state index contributed by atoms with van der Waals surface area (Å²) < 4.78 is 5.21. The lowest BCUT2D eigenvalue weighted by Gasteiger charge is -2.14. The quantitative estimate of drug-likeness (QED) is 0.775. The molecule has 22 heavy (non-hydrogen) atoms. The molecule has 5 heteroatoms. The van der Waals surface area contributed by atoms with Gasteiger partial charge in [-0.25, -0.2) is 0 Å². The van der Waals surface area contributed by atoms with Gasteiger partial charge < -0.3 is 15.4 Å². The number of nitrogens with one attached hydrogen (secondary N) is 2. The first-order valence-corrected chi connectivity index (χ1v) is 7.70. The van der Waals surface area contributed by atoms with Crippen LogP contribution in [0.3, 0.4) is 0 Å². The van der Waals surface area contributed by atoms with E-state index in [0.717, 1.165) is 24.8 Å². The van der Waals surface area contributed by atoms with E-state index in [1.165, 1.54) is 6.92 Å². The van der Waals surface area contributed by atoms with E-state index >= 15 is 0 Å². The van der Waals surface area contributed by atoms with Crippen molar-refractivity contribution in [3.05, 3.63) is 23.8 Å². The number of amides is 2. The van der Waals surface area contributed by atoms with Crippen molar-refractivity contribution in [3.8, 4) is 5.75 Å². The van der Waals surface area contributed by atoms with Crippen molar-refractivity contribution in [2.24, 2.45) is 5.92 Å². The number of carbonyl (C=O) groups is 2. The molecule has 0 fully saturated rings. The highest BCUT2D eigenvalue weighted by Gasteiger charge is 2.12. The molecule has 1 aromatic carbocycles. The van der Waals surface area contributed by atoms with E-state index in [4.69, 9.17) is 4.74 Å². The molecule has 2 amide bonds. The highest BCUT2D eigenvalue weighted by molar-refractivity contribution is 5.90. The van der Waals surface area contributed by atoms with Crippen LogP contribution in [-0.4, -0.2) is 18.9 Å². The van der Waals surface area contributed by atoms with Gasteiger partial charge in [0.25, 0.3) is 0 Å². The van der Waals surface area contributed by atoms with Crippen LogP contribution >= 0.6 is 0 Å². The summed E-state index contributed by atoms with van der Waals surface area (Å²) in [7, 11) is 1.55. The molecule has 122 valence electrons. The minimum Gasteiger partial charge on any atom is -0.495 e. The number of carbonyl (C=O) groups excluding carboxylic acids is 2. The van der Waals surface area contributed by atoms with E-state index in [2.05, 4.69) is 17.6 Å². The molecule has 2 N–H and O–H groups in total. The lowest BCUT2D eigenvalue weighted by atomic mass is 10.0. The number of unbranched alkanes of at least 4 members (excludes halogenated alkanes) is 1. The zero-order chi connectivity index (χ0) is 16.5. The third kappa shape index (κ3) is 5.76. The molecule has 0 unspecified atom stereocenters. The van der Waals surface area contributed by atoms with E-state index in [0.29, 0.717) is 18.0 Å². The zero-order valence-corrected chi connectivity index (χ0v) is 13.9. The van der Waals surface area contributed by atoms with Crippen molar-refractivity contribution in [3.63, 3.8) is 0 Å². The van der Waals surface area contributed by atoms with Crippen LogP contribution < -0.4 is 15.4 Å². The van der Waals surface area contributed by atoms with Crippen molar-refractivity contribution in [2.75, 3.05) is 12.4 Å². The maximum absolute atomic E-state index is 12.0. The molecule has 0 spiro atoms. The second-order valence-corrected chi connectivity index (χ2v) is 5.48. The fourth-order valence-electron chi connectivity index (χ4n) is 2.16. The summed E-state index contributed by atoms with van der Waals surface area (Å²) >= 11 is 0. The number of rotatable bonds is 8. The number of hydrogen-bond acceptors (Lipinski definition) is 3. The van der Waals surface area contributed by atoms with Crippen LogP contribution in [0.25, 0.3) is 0 Å². The van der Waals surface area contributed by atoms with Crippen LogP contribution in [0, 0.1) is 5.92 Å². The SMILES string of the molecule is CCCC[C@H](C)C(=O)NCc1ccc(OC)c(NC(C)=O)c1. The minimum atomic E-state index is -0.160. The molecule has 1 aromatic rings. The topological polar surface area (TPSA) is 67.4 Å². The summed E-state index contributed by atoms with van der Waals surface area (Å²) in [6.45, 7) is 5.95. The van der Waals surface area contributed by atoms with Crippen molar-refractivity contribution in [1.29, 1.82) is 0 Å². The van der Waals surface area contributed by atoms with Gasteiger partial charge in [-0.3, -0.25) is 9.59 Å². The molecule has 0 aromatic heterocycles. The molecule has 0 aliphatic rings. The van der Waals surface area contributed by atoms with Gasteiger partial charge in [0.2, 0.25) is 11.8 Å². The number of methoxy groups -OCH3 is 1. The van der Waals surface area contributed by atoms with E-state index in [-0.39, 0.29) is 17.7 Å². The Hall–Kier alpha value is -2.04. The molecule has 0 aliphatic carbocycles. The van der Waals surface area contributed by atoms with Crippen LogP contribution in [0.2, 0.25) is 0 Å². The van der Waals surface area contributed by atoms with Crippen LogP contribution in [0.15, 0.2) is 18.2 Å². The second kappa shape index (κ2) is 9.07. The van der Waals surface area contributed by atoms with Gasteiger partial charge in [0.1, 0.15) is 5.75 Å². The summed E-state index contributed by atoms with van der Waals surface area (Å²) in [6.07, 6.45) is 3.06. The van der Waals surface area contributed by atoms with Gasteiger partial charge in [0.15, 0.2) is 0 Å². The van der Waals surface area contributed by atoms with Crippen molar-refractivity contribution < 1.29 is 14.3 Å². The summed E-state index contributed by atoms with van der Waals surface area (Å²) in [5.74, 6) is 0.521. The molecule has 5 nitrogen and oxygen atoms in total. The molecule has 0 radical (unpaired) electrons. The third-order valence-electron chi connectivity index (χ3n) is 3.48. The number of benzene rings is 1. The highest BCUT2D eigenvalue weighted by Crippen LogP contribution is 2.25. The largest absolute Gasteiger partial charge is 0.495 e. The van der Waals surface area contributed by atoms with Gasteiger partial charge in [-0.2, -0.15) is 0 Å². The zero-order valence-electron chi connectivity index (χ0n) is 13.9. The maximum Gasteiger partial charge on any atom is 0.223 e. The van der Waals surface area contributed by atoms with Gasteiger partial charge in [-0.15, -0.1) is 0 Å². The monoisotopic (exact) mass is 306 g/mol. The predicted octanol–water partition coefficient (Wildman–Crippen LogP) is 3.10. The molecular formula is C17H26N2O3. The van der Waals surface area contributed by atoms with Crippen molar-refractivity contribution >= 4 is 17.5 Å². The van der Waals surface area contributed by atoms with Gasteiger partial charge in [0, 0.05) is 19.4 Å². The second-order valence-electron chi connectivity index (χ2n) is 5.48. The molecule has 0 heterocycles. The maximum atomic E-state index is 12.0. The fraction of sp³-hybridized carbons (Fsp3) is 0.529. The van der Waals surface area contributed by atoms with Gasteiger partial charge in [-0.1, -0.05) is 32.8 Å². The molecular weight excluding hydrogens is 280 g/mol. The average Bonchev–Trinajstić information content (AvgIpc) is 2.49. The number of ether oxygens (including phenoxy) is 1. The third-order valence-corrected chi connectivity index (χ3v) is 3.48. The van der Waals surface area contributed by atoms with E-state index in [1.54, 1.807) is 13.2 Å². The molecule has 1 atom stereocenters. The molecule has 0 bridgehead atoms. The van der Waals surface area contributed by atoms with Gasteiger partial charge in [0.05, 0.1) is 12.8 Å². The summed E-state index contributed by atoms with van der Waals surface area (Å²) in [6, 6.07) is 5.48.